The zero-order valence-corrected chi connectivity index (χ0v) is 9.48. The van der Waals surface area contributed by atoms with Gasteiger partial charge in [0.1, 0.15) is 0 Å². The molecule has 0 aromatic heterocycles. The Kier molecular flexibility index (Phi) is 3.39. The van der Waals surface area contributed by atoms with Crippen LogP contribution >= 0.6 is 0 Å². The molecule has 1 fully saturated rings. The summed E-state index contributed by atoms with van der Waals surface area (Å²) in [6, 6.07) is 7.10. The van der Waals surface area contributed by atoms with Gasteiger partial charge in [0.05, 0.1) is 0 Å². The van der Waals surface area contributed by atoms with Crippen molar-refractivity contribution in [3.05, 3.63) is 35.4 Å². The minimum Gasteiger partial charge on any atom is -0.338 e. The Morgan fingerprint density at radius 1 is 1.35 bits per heavy atom. The number of hydrazine groups is 1. The van der Waals surface area contributed by atoms with Crippen LogP contribution in [-0.4, -0.2) is 23.3 Å². The molecule has 17 heavy (non-hydrogen) atoms. The van der Waals surface area contributed by atoms with Crippen molar-refractivity contribution in [1.29, 1.82) is 0 Å². The van der Waals surface area contributed by atoms with Gasteiger partial charge < -0.3 is 4.90 Å². The van der Waals surface area contributed by atoms with Crippen molar-refractivity contribution in [2.45, 2.75) is 19.4 Å². The summed E-state index contributed by atoms with van der Waals surface area (Å²) in [5, 5.41) is 0. The molecule has 5 nitrogen and oxygen atoms in total. The largest absolute Gasteiger partial charge is 0.338 e. The molecule has 1 aromatic carbocycles. The normalized spacial score (nSPS) is 15.1. The van der Waals surface area contributed by atoms with Crippen molar-refractivity contribution in [3.63, 3.8) is 0 Å². The minimum absolute atomic E-state index is 0.203. The van der Waals surface area contributed by atoms with Crippen molar-refractivity contribution >= 4 is 11.8 Å². The van der Waals surface area contributed by atoms with Crippen molar-refractivity contribution in [3.8, 4) is 0 Å². The van der Waals surface area contributed by atoms with Gasteiger partial charge in [-0.3, -0.25) is 15.0 Å². The van der Waals surface area contributed by atoms with Gasteiger partial charge in [-0.2, -0.15) is 0 Å². The maximum atomic E-state index is 11.4. The zero-order valence-electron chi connectivity index (χ0n) is 9.48. The predicted octanol–water partition coefficient (Wildman–Crippen LogP) is 0.412. The van der Waals surface area contributed by atoms with Crippen molar-refractivity contribution in [2.24, 2.45) is 5.84 Å². The Hall–Kier alpha value is -1.88. The number of amides is 2. The summed E-state index contributed by atoms with van der Waals surface area (Å²) in [7, 11) is 0. The van der Waals surface area contributed by atoms with Crippen molar-refractivity contribution in [2.75, 3.05) is 6.54 Å². The molecule has 90 valence electrons. The van der Waals surface area contributed by atoms with Crippen LogP contribution in [-0.2, 0) is 11.3 Å². The molecule has 1 aromatic rings. The molecule has 1 saturated heterocycles. The first-order valence-electron chi connectivity index (χ1n) is 5.58. The first-order valence-corrected chi connectivity index (χ1v) is 5.58. The van der Waals surface area contributed by atoms with Crippen LogP contribution in [0.1, 0.15) is 28.8 Å². The molecule has 0 spiro atoms. The number of nitrogens with zero attached hydrogens (tertiary/aromatic N) is 1. The van der Waals surface area contributed by atoms with E-state index in [0.717, 1.165) is 18.5 Å². The molecular formula is C12H15N3O2. The van der Waals surface area contributed by atoms with E-state index in [4.69, 9.17) is 5.84 Å². The number of carbonyl (C=O) groups is 2. The fraction of sp³-hybridized carbons (Fsp3) is 0.333. The Labute approximate surface area is 99.6 Å². The zero-order chi connectivity index (χ0) is 12.3. The molecule has 0 unspecified atom stereocenters. The third-order valence-corrected chi connectivity index (χ3v) is 2.89. The number of nitrogens with two attached hydrogens (primary N) is 1. The summed E-state index contributed by atoms with van der Waals surface area (Å²) in [5.74, 6) is 4.93. The quantitative estimate of drug-likeness (QED) is 0.451. The molecule has 0 aliphatic carbocycles. The standard InChI is InChI=1S/C12H15N3O2/c13-14-12(17)10-5-3-9(4-6-10)8-15-7-1-2-11(15)16/h3-6H,1-2,7-8,13H2,(H,14,17). The topological polar surface area (TPSA) is 75.4 Å². The van der Waals surface area contributed by atoms with E-state index in [2.05, 4.69) is 5.43 Å². The van der Waals surface area contributed by atoms with Gasteiger partial charge in [0.2, 0.25) is 5.91 Å². The third kappa shape index (κ3) is 2.62. The van der Waals surface area contributed by atoms with Crippen LogP contribution in [0.15, 0.2) is 24.3 Å². The fourth-order valence-corrected chi connectivity index (χ4v) is 1.94. The second-order valence-electron chi connectivity index (χ2n) is 4.09. The van der Waals surface area contributed by atoms with E-state index in [1.807, 2.05) is 17.0 Å². The summed E-state index contributed by atoms with van der Waals surface area (Å²) < 4.78 is 0. The predicted molar refractivity (Wildman–Crippen MR) is 62.7 cm³/mol. The first-order chi connectivity index (χ1) is 8.20. The molecule has 0 bridgehead atoms. The molecule has 1 aliphatic rings. The van der Waals surface area contributed by atoms with Crippen LogP contribution in [0, 0.1) is 0 Å². The fourth-order valence-electron chi connectivity index (χ4n) is 1.94. The van der Waals surface area contributed by atoms with Gasteiger partial charge in [0.25, 0.3) is 5.91 Å². The third-order valence-electron chi connectivity index (χ3n) is 2.89. The lowest BCUT2D eigenvalue weighted by Gasteiger charge is -2.15. The monoisotopic (exact) mass is 233 g/mol. The van der Waals surface area contributed by atoms with Gasteiger partial charge in [-0.05, 0) is 24.1 Å². The molecule has 1 aliphatic heterocycles. The second kappa shape index (κ2) is 4.97. The molecule has 5 heteroatoms. The highest BCUT2D eigenvalue weighted by Gasteiger charge is 2.19. The van der Waals surface area contributed by atoms with Crippen molar-refractivity contribution in [1.82, 2.24) is 10.3 Å². The molecule has 0 radical (unpaired) electrons. The van der Waals surface area contributed by atoms with Gasteiger partial charge in [0.15, 0.2) is 0 Å². The second-order valence-corrected chi connectivity index (χ2v) is 4.09. The van der Waals surface area contributed by atoms with E-state index in [1.165, 1.54) is 0 Å². The van der Waals surface area contributed by atoms with Crippen LogP contribution in [0.2, 0.25) is 0 Å². The number of nitrogen functional groups attached to an aromatic ring is 1. The van der Waals surface area contributed by atoms with Crippen LogP contribution in [0.5, 0.6) is 0 Å². The Morgan fingerprint density at radius 2 is 2.06 bits per heavy atom. The number of hydrogen-bond donors (Lipinski definition) is 2. The number of hydrogen-bond acceptors (Lipinski definition) is 3. The molecule has 0 atom stereocenters. The van der Waals surface area contributed by atoms with Gasteiger partial charge >= 0.3 is 0 Å². The summed E-state index contributed by atoms with van der Waals surface area (Å²) >= 11 is 0. The van der Waals surface area contributed by atoms with E-state index >= 15 is 0 Å². The average Bonchev–Trinajstić information content (AvgIpc) is 2.75. The van der Waals surface area contributed by atoms with Gasteiger partial charge in [-0.25, -0.2) is 5.84 Å². The van der Waals surface area contributed by atoms with E-state index < -0.39 is 0 Å². The maximum absolute atomic E-state index is 11.4. The molecule has 2 rings (SSSR count). The van der Waals surface area contributed by atoms with Crippen LogP contribution in [0.3, 0.4) is 0 Å². The number of carbonyl (C=O) groups excluding carboxylic acids is 2. The van der Waals surface area contributed by atoms with E-state index in [1.54, 1.807) is 12.1 Å². The van der Waals surface area contributed by atoms with E-state index in [0.29, 0.717) is 18.5 Å². The molecule has 2 amide bonds. The minimum atomic E-state index is -0.311. The molecule has 3 N–H and O–H groups in total. The van der Waals surface area contributed by atoms with Crippen LogP contribution in [0.25, 0.3) is 0 Å². The van der Waals surface area contributed by atoms with Gasteiger partial charge in [0, 0.05) is 25.1 Å². The van der Waals surface area contributed by atoms with E-state index in [9.17, 15) is 9.59 Å². The lowest BCUT2D eigenvalue weighted by molar-refractivity contribution is -0.128. The lowest BCUT2D eigenvalue weighted by atomic mass is 10.1. The first kappa shape index (κ1) is 11.6. The molecule has 1 heterocycles. The summed E-state index contributed by atoms with van der Waals surface area (Å²) in [4.78, 5) is 24.5. The number of rotatable bonds is 3. The smallest absolute Gasteiger partial charge is 0.265 e. The highest BCUT2D eigenvalue weighted by atomic mass is 16.2. The van der Waals surface area contributed by atoms with E-state index in [-0.39, 0.29) is 11.8 Å². The highest BCUT2D eigenvalue weighted by molar-refractivity contribution is 5.93. The van der Waals surface area contributed by atoms with Crippen LogP contribution in [0.4, 0.5) is 0 Å². The Morgan fingerprint density at radius 3 is 2.59 bits per heavy atom. The van der Waals surface area contributed by atoms with Gasteiger partial charge in [-0.15, -0.1) is 0 Å². The summed E-state index contributed by atoms with van der Waals surface area (Å²) in [5.41, 5.74) is 3.62. The van der Waals surface area contributed by atoms with Gasteiger partial charge in [-0.1, -0.05) is 12.1 Å². The number of likely N-dealkylation sites (tertiary alicyclic amines) is 1. The molecular weight excluding hydrogens is 218 g/mol. The average molecular weight is 233 g/mol. The SMILES string of the molecule is NNC(=O)c1ccc(CN2CCCC2=O)cc1. The molecule has 0 saturated carbocycles. The summed E-state index contributed by atoms with van der Waals surface area (Å²) in [6.07, 6.45) is 1.58. The van der Waals surface area contributed by atoms with Crippen molar-refractivity contribution < 1.29 is 9.59 Å². The number of benzene rings is 1. The lowest BCUT2D eigenvalue weighted by Crippen LogP contribution is -2.30. The Balaban J connectivity index is 2.03. The number of nitrogens with one attached hydrogen (secondary N) is 1. The summed E-state index contributed by atoms with van der Waals surface area (Å²) in [6.45, 7) is 1.44. The van der Waals surface area contributed by atoms with Crippen LogP contribution < -0.4 is 11.3 Å². The maximum Gasteiger partial charge on any atom is 0.265 e. The Bertz CT molecular complexity index is 428. The highest BCUT2D eigenvalue weighted by Crippen LogP contribution is 2.14.